The second kappa shape index (κ2) is 8.13. The quantitative estimate of drug-likeness (QED) is 0.654. The van der Waals surface area contributed by atoms with Crippen molar-refractivity contribution < 1.29 is 8.42 Å². The largest absolute Gasteiger partial charge is 0.380 e. The smallest absolute Gasteiger partial charge is 0.262 e. The van der Waals surface area contributed by atoms with Crippen molar-refractivity contribution >= 4 is 15.7 Å². The van der Waals surface area contributed by atoms with Crippen LogP contribution >= 0.6 is 0 Å². The Balaban J connectivity index is 1.65. The Morgan fingerprint density at radius 2 is 1.77 bits per heavy atom. The molecule has 2 aromatic carbocycles. The number of sulfonamides is 1. The minimum Gasteiger partial charge on any atom is -0.380 e. The van der Waals surface area contributed by atoms with Crippen molar-refractivity contribution in [1.29, 1.82) is 0 Å². The number of rotatable bonds is 5. The SMILES string of the molecule is Cn1cnc(S(=O)(=O)N2CC(Nc3cccc(C(C)(C)C)c3)C(c3ccccc3)C2)c1. The highest BCUT2D eigenvalue weighted by atomic mass is 32.2. The van der Waals surface area contributed by atoms with Crippen LogP contribution < -0.4 is 5.32 Å². The first-order valence-electron chi connectivity index (χ1n) is 10.5. The number of hydrogen-bond acceptors (Lipinski definition) is 4. The summed E-state index contributed by atoms with van der Waals surface area (Å²) >= 11 is 0. The maximum atomic E-state index is 13.2. The van der Waals surface area contributed by atoms with Crippen LogP contribution in [0.15, 0.2) is 72.1 Å². The van der Waals surface area contributed by atoms with Crippen LogP contribution in [0.2, 0.25) is 0 Å². The van der Waals surface area contributed by atoms with Crippen LogP contribution in [0.25, 0.3) is 0 Å². The first-order chi connectivity index (χ1) is 14.6. The van der Waals surface area contributed by atoms with E-state index in [0.29, 0.717) is 13.1 Å². The maximum absolute atomic E-state index is 13.2. The van der Waals surface area contributed by atoms with Crippen LogP contribution in [0, 0.1) is 0 Å². The van der Waals surface area contributed by atoms with Gasteiger partial charge in [-0.15, -0.1) is 0 Å². The highest BCUT2D eigenvalue weighted by molar-refractivity contribution is 7.89. The van der Waals surface area contributed by atoms with E-state index in [9.17, 15) is 8.42 Å². The Morgan fingerprint density at radius 1 is 1.03 bits per heavy atom. The standard InChI is InChI=1S/C24H30N4O2S/c1-24(2,3)19-11-8-12-20(13-19)26-22-15-28(14-21(22)18-9-6-5-7-10-18)31(29,30)23-16-27(4)17-25-23/h5-13,16-17,21-22,26H,14-15H2,1-4H3. The van der Waals surface area contributed by atoms with Crippen molar-refractivity contribution in [2.45, 2.75) is 43.2 Å². The normalized spacial score (nSPS) is 20.1. The summed E-state index contributed by atoms with van der Waals surface area (Å²) in [6.45, 7) is 7.37. The molecule has 31 heavy (non-hydrogen) atoms. The Bertz CT molecular complexity index is 1150. The first-order valence-corrected chi connectivity index (χ1v) is 12.0. The molecule has 1 fully saturated rings. The van der Waals surface area contributed by atoms with Crippen molar-refractivity contribution in [3.63, 3.8) is 0 Å². The average Bonchev–Trinajstić information content (AvgIpc) is 3.36. The molecular formula is C24H30N4O2S. The zero-order valence-electron chi connectivity index (χ0n) is 18.5. The topological polar surface area (TPSA) is 67.2 Å². The van der Waals surface area contributed by atoms with Crippen LogP contribution in [0.3, 0.4) is 0 Å². The molecule has 1 aromatic heterocycles. The van der Waals surface area contributed by atoms with Gasteiger partial charge >= 0.3 is 0 Å². The summed E-state index contributed by atoms with van der Waals surface area (Å²) < 4.78 is 29.7. The van der Waals surface area contributed by atoms with Crippen molar-refractivity contribution in [3.8, 4) is 0 Å². The molecule has 0 spiro atoms. The lowest BCUT2D eigenvalue weighted by Crippen LogP contribution is -2.32. The van der Waals surface area contributed by atoms with E-state index in [2.05, 4.69) is 61.4 Å². The summed E-state index contributed by atoms with van der Waals surface area (Å²) in [7, 11) is -1.88. The van der Waals surface area contributed by atoms with Gasteiger partial charge in [-0.2, -0.15) is 4.31 Å². The number of aromatic nitrogens is 2. The molecule has 3 aromatic rings. The molecule has 0 radical (unpaired) electrons. The van der Waals surface area contributed by atoms with E-state index >= 15 is 0 Å². The Kier molecular flexibility index (Phi) is 5.66. The van der Waals surface area contributed by atoms with Crippen LogP contribution in [-0.2, 0) is 22.5 Å². The number of benzene rings is 2. The Hall–Kier alpha value is -2.64. The third-order valence-electron chi connectivity index (χ3n) is 5.88. The van der Waals surface area contributed by atoms with Gasteiger partial charge in [-0.1, -0.05) is 63.2 Å². The van der Waals surface area contributed by atoms with Gasteiger partial charge in [-0.25, -0.2) is 13.4 Å². The van der Waals surface area contributed by atoms with Crippen LogP contribution in [0.4, 0.5) is 5.69 Å². The summed E-state index contributed by atoms with van der Waals surface area (Å²) in [5, 5.41) is 3.72. The fraction of sp³-hybridized carbons (Fsp3) is 0.375. The lowest BCUT2D eigenvalue weighted by atomic mass is 9.87. The number of anilines is 1. The minimum atomic E-state index is -3.65. The highest BCUT2D eigenvalue weighted by Gasteiger charge is 2.41. The fourth-order valence-corrected chi connectivity index (χ4v) is 5.55. The molecular weight excluding hydrogens is 408 g/mol. The van der Waals surface area contributed by atoms with Gasteiger partial charge < -0.3 is 9.88 Å². The minimum absolute atomic E-state index is 0.0398. The van der Waals surface area contributed by atoms with Crippen molar-refractivity contribution in [3.05, 3.63) is 78.2 Å². The zero-order valence-corrected chi connectivity index (χ0v) is 19.3. The molecule has 4 rings (SSSR count). The summed E-state index contributed by atoms with van der Waals surface area (Å²) in [6.07, 6.45) is 3.08. The number of nitrogens with one attached hydrogen (secondary N) is 1. The number of aryl methyl sites for hydroxylation is 1. The zero-order chi connectivity index (χ0) is 22.2. The van der Waals surface area contributed by atoms with E-state index in [1.54, 1.807) is 22.1 Å². The number of hydrogen-bond donors (Lipinski definition) is 1. The summed E-state index contributed by atoms with van der Waals surface area (Å²) in [4.78, 5) is 4.09. The van der Waals surface area contributed by atoms with E-state index in [1.807, 2.05) is 24.3 Å². The van der Waals surface area contributed by atoms with E-state index in [4.69, 9.17) is 0 Å². The van der Waals surface area contributed by atoms with E-state index in [0.717, 1.165) is 11.3 Å². The van der Waals surface area contributed by atoms with Crippen LogP contribution in [0.1, 0.15) is 37.8 Å². The van der Waals surface area contributed by atoms with Crippen molar-refractivity contribution in [2.24, 2.45) is 7.05 Å². The van der Waals surface area contributed by atoms with Gasteiger partial charge in [0.15, 0.2) is 5.03 Å². The predicted molar refractivity (Wildman–Crippen MR) is 124 cm³/mol. The molecule has 1 aliphatic heterocycles. The molecule has 1 N–H and O–H groups in total. The molecule has 0 aliphatic carbocycles. The van der Waals surface area contributed by atoms with Gasteiger partial charge in [0.05, 0.1) is 6.33 Å². The van der Waals surface area contributed by atoms with Gasteiger partial charge in [0, 0.05) is 44.0 Å². The summed E-state index contributed by atoms with van der Waals surface area (Å²) in [6, 6.07) is 18.5. The maximum Gasteiger partial charge on any atom is 0.262 e. The Morgan fingerprint density at radius 3 is 2.42 bits per heavy atom. The van der Waals surface area contributed by atoms with Crippen LogP contribution in [-0.4, -0.2) is 41.4 Å². The van der Waals surface area contributed by atoms with Crippen LogP contribution in [0.5, 0.6) is 0 Å². The van der Waals surface area contributed by atoms with Gasteiger partial charge in [0.2, 0.25) is 0 Å². The molecule has 0 bridgehead atoms. The van der Waals surface area contributed by atoms with Crippen molar-refractivity contribution in [2.75, 3.05) is 18.4 Å². The number of nitrogens with zero attached hydrogens (tertiary/aromatic N) is 3. The van der Waals surface area contributed by atoms with E-state index in [-0.39, 0.29) is 22.4 Å². The molecule has 1 aliphatic rings. The lowest BCUT2D eigenvalue weighted by Gasteiger charge is -2.24. The summed E-state index contributed by atoms with van der Waals surface area (Å²) in [5.74, 6) is 0.0398. The molecule has 0 amide bonds. The molecule has 6 nitrogen and oxygen atoms in total. The summed E-state index contributed by atoms with van der Waals surface area (Å²) in [5.41, 5.74) is 3.42. The average molecular weight is 439 g/mol. The molecule has 2 unspecified atom stereocenters. The first kappa shape index (κ1) is 21.6. The van der Waals surface area contributed by atoms with E-state index < -0.39 is 10.0 Å². The van der Waals surface area contributed by atoms with Gasteiger partial charge in [-0.3, -0.25) is 0 Å². The number of imidazole rings is 1. The fourth-order valence-electron chi connectivity index (χ4n) is 4.09. The molecule has 0 saturated carbocycles. The van der Waals surface area contributed by atoms with Crippen molar-refractivity contribution in [1.82, 2.24) is 13.9 Å². The van der Waals surface area contributed by atoms with Gasteiger partial charge in [0.1, 0.15) is 0 Å². The second-order valence-corrected chi connectivity index (χ2v) is 11.2. The highest BCUT2D eigenvalue weighted by Crippen LogP contribution is 2.34. The monoisotopic (exact) mass is 438 g/mol. The third-order valence-corrected chi connectivity index (χ3v) is 7.60. The molecule has 164 valence electrons. The molecule has 2 atom stereocenters. The third kappa shape index (κ3) is 4.52. The Labute approximate surface area is 185 Å². The molecule has 1 saturated heterocycles. The second-order valence-electron chi connectivity index (χ2n) is 9.30. The van der Waals surface area contributed by atoms with E-state index in [1.165, 1.54) is 11.9 Å². The molecule has 2 heterocycles. The van der Waals surface area contributed by atoms with Gasteiger partial charge in [0.25, 0.3) is 10.0 Å². The van der Waals surface area contributed by atoms with Gasteiger partial charge in [-0.05, 0) is 28.7 Å². The lowest BCUT2D eigenvalue weighted by molar-refractivity contribution is 0.468. The predicted octanol–water partition coefficient (Wildman–Crippen LogP) is 3.99. The molecule has 7 heteroatoms.